The molecule has 0 atom stereocenters. The van der Waals surface area contributed by atoms with Crippen LogP contribution < -0.4 is 15.2 Å². The highest BCUT2D eigenvalue weighted by atomic mass is 32.2. The van der Waals surface area contributed by atoms with Crippen molar-refractivity contribution in [3.05, 3.63) is 18.2 Å². The zero-order valence-corrected chi connectivity index (χ0v) is 9.75. The van der Waals surface area contributed by atoms with Crippen LogP contribution in [-0.4, -0.2) is 20.8 Å². The fourth-order valence-corrected chi connectivity index (χ4v) is 1.83. The fraction of sp³-hybridized carbons (Fsp3) is 0.400. The summed E-state index contributed by atoms with van der Waals surface area (Å²) in [6, 6.07) is 4.84. The van der Waals surface area contributed by atoms with E-state index in [0.717, 1.165) is 19.1 Å². The number of nitrogens with two attached hydrogens (primary N) is 1. The summed E-state index contributed by atoms with van der Waals surface area (Å²) in [5, 5.41) is 0. The molecule has 0 heterocycles. The molecule has 1 aliphatic carbocycles. The maximum absolute atomic E-state index is 11.0. The second-order valence-corrected chi connectivity index (χ2v) is 5.69. The fourth-order valence-electron chi connectivity index (χ4n) is 1.28. The van der Waals surface area contributed by atoms with E-state index in [4.69, 9.17) is 10.5 Å². The van der Waals surface area contributed by atoms with Gasteiger partial charge in [0.1, 0.15) is 5.75 Å². The highest BCUT2D eigenvalue weighted by Gasteiger charge is 2.24. The summed E-state index contributed by atoms with van der Waals surface area (Å²) in [6.45, 7) is 0. The third-order valence-corrected chi connectivity index (χ3v) is 2.74. The lowest BCUT2D eigenvalue weighted by Crippen LogP contribution is -2.10. The van der Waals surface area contributed by atoms with E-state index in [-0.39, 0.29) is 6.10 Å². The number of anilines is 2. The van der Waals surface area contributed by atoms with Crippen molar-refractivity contribution in [2.45, 2.75) is 18.9 Å². The van der Waals surface area contributed by atoms with E-state index in [2.05, 4.69) is 4.72 Å². The molecule has 0 aromatic heterocycles. The van der Waals surface area contributed by atoms with Crippen molar-refractivity contribution in [2.24, 2.45) is 0 Å². The summed E-state index contributed by atoms with van der Waals surface area (Å²) in [6.07, 6.45) is 3.40. The number of ether oxygens (including phenoxy) is 1. The summed E-state index contributed by atoms with van der Waals surface area (Å²) in [5.41, 5.74) is 6.71. The van der Waals surface area contributed by atoms with Crippen LogP contribution in [0.2, 0.25) is 0 Å². The first-order valence-electron chi connectivity index (χ1n) is 4.98. The number of hydrogen-bond acceptors (Lipinski definition) is 4. The lowest BCUT2D eigenvalue weighted by atomic mass is 10.2. The Bertz CT molecular complexity index is 495. The average molecular weight is 242 g/mol. The zero-order chi connectivity index (χ0) is 11.8. The maximum atomic E-state index is 11.0. The third-order valence-electron chi connectivity index (χ3n) is 2.13. The molecule has 1 aromatic carbocycles. The van der Waals surface area contributed by atoms with Gasteiger partial charge in [0.15, 0.2) is 0 Å². The molecule has 0 radical (unpaired) electrons. The number of nitrogens with one attached hydrogen (secondary N) is 1. The molecule has 3 N–H and O–H groups in total. The maximum Gasteiger partial charge on any atom is 0.229 e. The van der Waals surface area contributed by atoms with Crippen LogP contribution in [0.25, 0.3) is 0 Å². The van der Waals surface area contributed by atoms with Crippen molar-refractivity contribution >= 4 is 21.4 Å². The number of sulfonamides is 1. The molecular formula is C10H14N2O3S. The molecule has 0 spiro atoms. The van der Waals surface area contributed by atoms with Gasteiger partial charge in [0.2, 0.25) is 10.0 Å². The molecule has 2 rings (SSSR count). The van der Waals surface area contributed by atoms with Crippen LogP contribution >= 0.6 is 0 Å². The SMILES string of the molecule is CS(=O)(=O)Nc1ccc(N)c(OC2CC2)c1. The number of rotatable bonds is 4. The highest BCUT2D eigenvalue weighted by molar-refractivity contribution is 7.92. The van der Waals surface area contributed by atoms with Crippen LogP contribution in [-0.2, 0) is 10.0 Å². The monoisotopic (exact) mass is 242 g/mol. The molecule has 1 saturated carbocycles. The molecule has 1 aromatic rings. The van der Waals surface area contributed by atoms with Crippen LogP contribution in [0.1, 0.15) is 12.8 Å². The van der Waals surface area contributed by atoms with Crippen molar-refractivity contribution in [3.8, 4) is 5.75 Å². The Kier molecular flexibility index (Phi) is 2.67. The molecule has 0 aliphatic heterocycles. The van der Waals surface area contributed by atoms with E-state index >= 15 is 0 Å². The molecule has 0 unspecified atom stereocenters. The number of nitrogen functional groups attached to an aromatic ring is 1. The first-order chi connectivity index (χ1) is 7.44. The summed E-state index contributed by atoms with van der Waals surface area (Å²) < 4.78 is 30.0. The normalized spacial score (nSPS) is 15.8. The Morgan fingerprint density at radius 3 is 2.69 bits per heavy atom. The zero-order valence-electron chi connectivity index (χ0n) is 8.93. The third kappa shape index (κ3) is 3.03. The molecule has 1 aliphatic rings. The topological polar surface area (TPSA) is 81.4 Å². The van der Waals surface area contributed by atoms with Gasteiger partial charge >= 0.3 is 0 Å². The molecule has 16 heavy (non-hydrogen) atoms. The molecule has 0 bridgehead atoms. The highest BCUT2D eigenvalue weighted by Crippen LogP contribution is 2.32. The van der Waals surface area contributed by atoms with Gasteiger partial charge in [-0.2, -0.15) is 0 Å². The molecule has 0 saturated heterocycles. The van der Waals surface area contributed by atoms with Crippen LogP contribution in [0, 0.1) is 0 Å². The minimum atomic E-state index is -3.27. The van der Waals surface area contributed by atoms with E-state index in [0.29, 0.717) is 17.1 Å². The number of hydrogen-bond donors (Lipinski definition) is 2. The van der Waals surface area contributed by atoms with Crippen LogP contribution in [0.3, 0.4) is 0 Å². The van der Waals surface area contributed by atoms with Gasteiger partial charge in [0, 0.05) is 6.07 Å². The lowest BCUT2D eigenvalue weighted by Gasteiger charge is -2.10. The summed E-state index contributed by atoms with van der Waals surface area (Å²) in [5.74, 6) is 0.538. The minimum Gasteiger partial charge on any atom is -0.488 e. The van der Waals surface area contributed by atoms with E-state index in [9.17, 15) is 8.42 Å². The van der Waals surface area contributed by atoms with Crippen molar-refractivity contribution in [2.75, 3.05) is 16.7 Å². The lowest BCUT2D eigenvalue weighted by molar-refractivity contribution is 0.305. The largest absolute Gasteiger partial charge is 0.488 e. The Morgan fingerprint density at radius 2 is 2.12 bits per heavy atom. The molecular weight excluding hydrogens is 228 g/mol. The van der Waals surface area contributed by atoms with E-state index < -0.39 is 10.0 Å². The average Bonchev–Trinajstić information content (AvgIpc) is 2.92. The molecule has 6 heteroatoms. The van der Waals surface area contributed by atoms with Crippen LogP contribution in [0.15, 0.2) is 18.2 Å². The van der Waals surface area contributed by atoms with Gasteiger partial charge < -0.3 is 10.5 Å². The number of benzene rings is 1. The van der Waals surface area contributed by atoms with Gasteiger partial charge in [0.05, 0.1) is 23.7 Å². The molecule has 1 fully saturated rings. The van der Waals surface area contributed by atoms with Crippen molar-refractivity contribution in [1.82, 2.24) is 0 Å². The second kappa shape index (κ2) is 3.86. The van der Waals surface area contributed by atoms with E-state index in [1.165, 1.54) is 0 Å². The first kappa shape index (κ1) is 11.1. The standard InChI is InChI=1S/C10H14N2O3S/c1-16(13,14)12-7-2-5-9(11)10(6-7)15-8-3-4-8/h2,5-6,8,12H,3-4,11H2,1H3. The minimum absolute atomic E-state index is 0.232. The van der Waals surface area contributed by atoms with E-state index in [1.807, 2.05) is 0 Å². The summed E-state index contributed by atoms with van der Waals surface area (Å²) >= 11 is 0. The van der Waals surface area contributed by atoms with Crippen molar-refractivity contribution in [3.63, 3.8) is 0 Å². The van der Waals surface area contributed by atoms with Gasteiger partial charge in [-0.25, -0.2) is 8.42 Å². The first-order valence-corrected chi connectivity index (χ1v) is 6.87. The Hall–Kier alpha value is -1.43. The van der Waals surface area contributed by atoms with E-state index in [1.54, 1.807) is 18.2 Å². The predicted octanol–water partition coefficient (Wildman–Crippen LogP) is 1.18. The molecule has 5 nitrogen and oxygen atoms in total. The van der Waals surface area contributed by atoms with Gasteiger partial charge in [-0.3, -0.25) is 4.72 Å². The second-order valence-electron chi connectivity index (χ2n) is 3.94. The van der Waals surface area contributed by atoms with Gasteiger partial charge in [-0.1, -0.05) is 0 Å². The molecule has 88 valence electrons. The Morgan fingerprint density at radius 1 is 1.44 bits per heavy atom. The van der Waals surface area contributed by atoms with Gasteiger partial charge in [-0.15, -0.1) is 0 Å². The smallest absolute Gasteiger partial charge is 0.229 e. The quantitative estimate of drug-likeness (QED) is 0.777. The van der Waals surface area contributed by atoms with Crippen LogP contribution in [0.4, 0.5) is 11.4 Å². The van der Waals surface area contributed by atoms with Crippen LogP contribution in [0.5, 0.6) is 5.75 Å². The van der Waals surface area contributed by atoms with Crippen molar-refractivity contribution < 1.29 is 13.2 Å². The van der Waals surface area contributed by atoms with Gasteiger partial charge in [0.25, 0.3) is 0 Å². The van der Waals surface area contributed by atoms with Crippen molar-refractivity contribution in [1.29, 1.82) is 0 Å². The summed E-state index contributed by atoms with van der Waals surface area (Å²) in [4.78, 5) is 0. The Balaban J connectivity index is 2.20. The molecule has 0 amide bonds. The van der Waals surface area contributed by atoms with Gasteiger partial charge in [-0.05, 0) is 25.0 Å². The predicted molar refractivity (Wildman–Crippen MR) is 63.0 cm³/mol. The Labute approximate surface area is 94.6 Å². The summed E-state index contributed by atoms with van der Waals surface area (Å²) in [7, 11) is -3.27.